The Morgan fingerprint density at radius 1 is 0.742 bits per heavy atom. The summed E-state index contributed by atoms with van der Waals surface area (Å²) in [5.41, 5.74) is 1.65. The van der Waals surface area contributed by atoms with Crippen LogP contribution < -0.4 is 0 Å². The Labute approximate surface area is 185 Å². The van der Waals surface area contributed by atoms with Crippen molar-refractivity contribution in [2.45, 2.75) is 44.4 Å². The molecule has 1 nitrogen and oxygen atoms in total. The molecule has 0 spiro atoms. The number of rotatable bonds is 1. The summed E-state index contributed by atoms with van der Waals surface area (Å²) in [7, 11) is -0.801. The average Bonchev–Trinajstić information content (AvgIpc) is 2.75. The van der Waals surface area contributed by atoms with Crippen molar-refractivity contribution in [1.29, 1.82) is 0 Å². The van der Waals surface area contributed by atoms with E-state index in [1.165, 1.54) is 48.7 Å². The minimum atomic E-state index is -0.801. The van der Waals surface area contributed by atoms with Crippen molar-refractivity contribution in [3.8, 4) is 0 Å². The van der Waals surface area contributed by atoms with Crippen molar-refractivity contribution >= 4 is 52.1 Å². The molecule has 0 saturated carbocycles. The van der Waals surface area contributed by atoms with Gasteiger partial charge in [-0.1, -0.05) is 67.6 Å². The van der Waals surface area contributed by atoms with Crippen LogP contribution >= 0.6 is 0 Å². The molecule has 1 saturated heterocycles. The topological polar surface area (TPSA) is 9.23 Å². The number of hydrogen-bond acceptors (Lipinski definition) is 1. The van der Waals surface area contributed by atoms with Gasteiger partial charge < -0.3 is 4.43 Å². The van der Waals surface area contributed by atoms with Gasteiger partial charge in [-0.3, -0.25) is 0 Å². The second-order valence-electron chi connectivity index (χ2n) is 9.63. The van der Waals surface area contributed by atoms with Gasteiger partial charge in [-0.05, 0) is 98.2 Å². The van der Waals surface area contributed by atoms with Crippen molar-refractivity contribution < 1.29 is 4.43 Å². The van der Waals surface area contributed by atoms with Crippen molar-refractivity contribution in [1.82, 2.24) is 0 Å². The Balaban J connectivity index is 1.75. The highest BCUT2D eigenvalue weighted by Gasteiger charge is 2.39. The number of hydrogen-bond donors (Lipinski definition) is 0. The monoisotopic (exact) mass is 419 g/mol. The van der Waals surface area contributed by atoms with Crippen LogP contribution in [0.3, 0.4) is 0 Å². The lowest BCUT2D eigenvalue weighted by Crippen LogP contribution is -2.41. The molecule has 153 valence electrons. The van der Waals surface area contributed by atoms with E-state index in [0.717, 1.165) is 12.5 Å². The van der Waals surface area contributed by atoms with Crippen LogP contribution in [0.5, 0.6) is 0 Å². The lowest BCUT2D eigenvalue weighted by atomic mass is 9.74. The van der Waals surface area contributed by atoms with Crippen molar-refractivity contribution in [3.05, 3.63) is 84.4 Å². The minimum Gasteiger partial charge on any atom is -0.414 e. The molecule has 1 aliphatic rings. The first-order valence-corrected chi connectivity index (χ1v) is 13.4. The quantitative estimate of drug-likeness (QED) is 0.152. The summed E-state index contributed by atoms with van der Waals surface area (Å²) in [6.07, 6.45) is 1.39. The maximum atomic E-state index is 6.25. The summed E-state index contributed by atoms with van der Waals surface area (Å²) in [6.45, 7) is 7.06. The lowest BCUT2D eigenvalue weighted by Gasteiger charge is -2.41. The second kappa shape index (κ2) is 6.91. The van der Waals surface area contributed by atoms with E-state index >= 15 is 0 Å². The molecular formula is C29H27OSi. The highest BCUT2D eigenvalue weighted by atomic mass is 28.3. The van der Waals surface area contributed by atoms with Crippen molar-refractivity contribution in [2.24, 2.45) is 0 Å². The Morgan fingerprint density at radius 2 is 1.39 bits per heavy atom. The first-order valence-electron chi connectivity index (χ1n) is 11.3. The molecule has 1 aliphatic heterocycles. The van der Waals surface area contributed by atoms with E-state index in [4.69, 9.17) is 4.43 Å². The molecule has 0 N–H and O–H groups in total. The van der Waals surface area contributed by atoms with Crippen LogP contribution in [0.25, 0.3) is 43.1 Å². The molecule has 2 atom stereocenters. The van der Waals surface area contributed by atoms with Gasteiger partial charge in [0, 0.05) is 6.10 Å². The van der Waals surface area contributed by atoms with Gasteiger partial charge >= 0.3 is 0 Å². The lowest BCUT2D eigenvalue weighted by molar-refractivity contribution is 0.151. The molecule has 5 aromatic carbocycles. The van der Waals surface area contributed by atoms with E-state index in [1.54, 1.807) is 0 Å². The third kappa shape index (κ3) is 3.01. The first-order chi connectivity index (χ1) is 15.0. The zero-order valence-corrected chi connectivity index (χ0v) is 19.4. The van der Waals surface area contributed by atoms with E-state index in [-0.39, 0.29) is 5.41 Å². The molecule has 0 amide bonds. The normalized spacial score (nSPS) is 22.6. The zero-order chi connectivity index (χ0) is 21.2. The largest absolute Gasteiger partial charge is 0.414 e. The molecule has 0 aromatic heterocycles. The van der Waals surface area contributed by atoms with Crippen LogP contribution in [0.15, 0.2) is 78.9 Å². The summed E-state index contributed by atoms with van der Waals surface area (Å²) in [5.74, 6) is 0. The molecule has 2 heteroatoms. The molecule has 0 aliphatic carbocycles. The Bertz CT molecular complexity index is 1460. The standard InChI is InChI=1S/C29H27OSi/c1-19-17-29(2,18-31(3)30-19)28-24-11-7-6-10-22(24)16-27-25(28)13-12-23-14-20-8-4-5-9-21(20)15-26(23)27/h4-16,19H,17-18H2,1-3H3. The fraction of sp³-hybridized carbons (Fsp3) is 0.241. The van der Waals surface area contributed by atoms with Gasteiger partial charge in [0.05, 0.1) is 0 Å². The summed E-state index contributed by atoms with van der Waals surface area (Å²) >= 11 is 0. The van der Waals surface area contributed by atoms with Crippen molar-refractivity contribution in [2.75, 3.05) is 0 Å². The highest BCUT2D eigenvalue weighted by Crippen LogP contribution is 2.46. The first kappa shape index (κ1) is 19.0. The van der Waals surface area contributed by atoms with Crippen LogP contribution in [0, 0.1) is 0 Å². The SMILES string of the molecule is CC1CC(C)(c2c3ccccc3cc3c2ccc2cc4ccccc4cc23)C[Si](C)O1. The fourth-order valence-corrected chi connectivity index (χ4v) is 8.36. The van der Waals surface area contributed by atoms with Crippen molar-refractivity contribution in [3.63, 3.8) is 0 Å². The molecule has 1 fully saturated rings. The van der Waals surface area contributed by atoms with Crippen LogP contribution in [0.2, 0.25) is 12.6 Å². The fourth-order valence-electron chi connectivity index (χ4n) is 6.09. The highest BCUT2D eigenvalue weighted by molar-refractivity contribution is 6.51. The predicted octanol–water partition coefficient (Wildman–Crippen LogP) is 7.99. The maximum absolute atomic E-state index is 6.25. The Hall–Kier alpha value is -2.68. The van der Waals surface area contributed by atoms with Gasteiger partial charge in [-0.25, -0.2) is 0 Å². The van der Waals surface area contributed by atoms with Gasteiger partial charge in [-0.15, -0.1) is 0 Å². The molecule has 6 rings (SSSR count). The van der Waals surface area contributed by atoms with Gasteiger partial charge in [-0.2, -0.15) is 0 Å². The van der Waals surface area contributed by atoms with Gasteiger partial charge in [0.2, 0.25) is 9.04 Å². The second-order valence-corrected chi connectivity index (χ2v) is 11.6. The summed E-state index contributed by atoms with van der Waals surface area (Å²) in [6, 6.07) is 30.6. The minimum absolute atomic E-state index is 0.129. The van der Waals surface area contributed by atoms with E-state index in [0.29, 0.717) is 6.10 Å². The molecule has 31 heavy (non-hydrogen) atoms. The van der Waals surface area contributed by atoms with Crippen LogP contribution in [0.1, 0.15) is 25.8 Å². The zero-order valence-electron chi connectivity index (χ0n) is 18.4. The average molecular weight is 420 g/mol. The van der Waals surface area contributed by atoms with E-state index in [1.807, 2.05) is 0 Å². The molecule has 1 heterocycles. The number of fused-ring (bicyclic) bond motifs is 5. The smallest absolute Gasteiger partial charge is 0.209 e. The third-order valence-corrected chi connectivity index (χ3v) is 9.19. The Morgan fingerprint density at radius 3 is 2.16 bits per heavy atom. The molecule has 0 bridgehead atoms. The molecule has 2 unspecified atom stereocenters. The van der Waals surface area contributed by atoms with Crippen LogP contribution in [-0.2, 0) is 9.84 Å². The van der Waals surface area contributed by atoms with Gasteiger partial charge in [0.15, 0.2) is 0 Å². The summed E-state index contributed by atoms with van der Waals surface area (Å²) in [4.78, 5) is 0. The van der Waals surface area contributed by atoms with Crippen LogP contribution in [-0.4, -0.2) is 15.1 Å². The predicted molar refractivity (Wildman–Crippen MR) is 135 cm³/mol. The number of benzene rings is 5. The molecule has 5 aromatic rings. The molecule has 1 radical (unpaired) electrons. The van der Waals surface area contributed by atoms with E-state index in [9.17, 15) is 0 Å². The van der Waals surface area contributed by atoms with Gasteiger partial charge in [0.1, 0.15) is 0 Å². The maximum Gasteiger partial charge on any atom is 0.209 e. The Kier molecular flexibility index (Phi) is 4.24. The van der Waals surface area contributed by atoms with E-state index < -0.39 is 9.04 Å². The molecular weight excluding hydrogens is 392 g/mol. The third-order valence-electron chi connectivity index (χ3n) is 7.11. The van der Waals surface area contributed by atoms with E-state index in [2.05, 4.69) is 99.3 Å². The van der Waals surface area contributed by atoms with Gasteiger partial charge in [0.25, 0.3) is 0 Å². The summed E-state index contributed by atoms with van der Waals surface area (Å²) < 4.78 is 6.25. The summed E-state index contributed by atoms with van der Waals surface area (Å²) in [5, 5.41) is 10.8. The van der Waals surface area contributed by atoms with Crippen LogP contribution in [0.4, 0.5) is 0 Å².